The first-order valence-corrected chi connectivity index (χ1v) is 10.9. The third-order valence-electron chi connectivity index (χ3n) is 7.13. The smallest absolute Gasteiger partial charge is 0.335 e. The van der Waals surface area contributed by atoms with Crippen molar-refractivity contribution in [1.82, 2.24) is 0 Å². The molecule has 26 heavy (non-hydrogen) atoms. The molecule has 0 aliphatic heterocycles. The van der Waals surface area contributed by atoms with Crippen molar-refractivity contribution in [1.29, 1.82) is 0 Å². The van der Waals surface area contributed by atoms with Crippen LogP contribution in [0.5, 0.6) is 0 Å². The molecule has 5 atom stereocenters. The molecule has 0 aromatic carbocycles. The van der Waals surface area contributed by atoms with Gasteiger partial charge in [0, 0.05) is 7.11 Å². The highest BCUT2D eigenvalue weighted by atomic mass is 79.9. The van der Waals surface area contributed by atoms with Crippen molar-refractivity contribution >= 4 is 21.9 Å². The number of carboxylic acids is 1. The number of ether oxygens (including phenoxy) is 2. The Bertz CT molecular complexity index is 520. The number of halogens is 1. The fraction of sp³-hybridized carbons (Fsp3) is 0.857. The number of rotatable bonds is 9. The molecule has 0 spiro atoms. The van der Waals surface area contributed by atoms with Crippen molar-refractivity contribution in [2.24, 2.45) is 23.2 Å². The van der Waals surface area contributed by atoms with E-state index in [2.05, 4.69) is 34.8 Å². The summed E-state index contributed by atoms with van der Waals surface area (Å²) in [6, 6.07) is 0. The summed E-state index contributed by atoms with van der Waals surface area (Å²) in [5.41, 5.74) is 0.842. The van der Waals surface area contributed by atoms with E-state index >= 15 is 0 Å². The van der Waals surface area contributed by atoms with Gasteiger partial charge in [0.05, 0.1) is 0 Å². The normalized spacial score (nSPS) is 33.7. The lowest BCUT2D eigenvalue weighted by molar-refractivity contribution is -0.179. The zero-order valence-corrected chi connectivity index (χ0v) is 18.3. The number of aliphatic carboxylic acids is 1. The van der Waals surface area contributed by atoms with Crippen LogP contribution in [0, 0.1) is 23.2 Å². The Hall–Kier alpha value is -0.390. The van der Waals surface area contributed by atoms with Gasteiger partial charge in [0.2, 0.25) is 0 Å². The average Bonchev–Trinajstić information content (AvgIpc) is 2.96. The summed E-state index contributed by atoms with van der Waals surface area (Å²) in [5, 5.41) is 9.50. The molecule has 2 rings (SSSR count). The first-order valence-electron chi connectivity index (χ1n) is 9.94. The second kappa shape index (κ2) is 9.20. The Morgan fingerprint density at radius 3 is 2.85 bits per heavy atom. The SMILES string of the molecule is COCO[C@](C)(CCC[C@@H](C)[C@H]1CCC2C(=CBr)CCC[C@]21C)C(=O)O. The fourth-order valence-corrected chi connectivity index (χ4v) is 6.09. The maximum Gasteiger partial charge on any atom is 0.335 e. The van der Waals surface area contributed by atoms with E-state index in [1.807, 2.05) is 0 Å². The summed E-state index contributed by atoms with van der Waals surface area (Å²) in [7, 11) is 1.52. The van der Waals surface area contributed by atoms with Gasteiger partial charge in [-0.25, -0.2) is 4.79 Å². The number of carboxylic acid groups (broad SMARTS) is 1. The van der Waals surface area contributed by atoms with Crippen molar-refractivity contribution in [3.8, 4) is 0 Å². The summed E-state index contributed by atoms with van der Waals surface area (Å²) < 4.78 is 10.3. The Morgan fingerprint density at radius 1 is 1.50 bits per heavy atom. The molecule has 0 saturated heterocycles. The van der Waals surface area contributed by atoms with Crippen molar-refractivity contribution in [3.63, 3.8) is 0 Å². The number of allylic oxidation sites excluding steroid dienone is 1. The van der Waals surface area contributed by atoms with E-state index < -0.39 is 11.6 Å². The predicted molar refractivity (Wildman–Crippen MR) is 107 cm³/mol. The van der Waals surface area contributed by atoms with Crippen LogP contribution in [-0.4, -0.2) is 30.6 Å². The highest BCUT2D eigenvalue weighted by Gasteiger charge is 2.50. The van der Waals surface area contributed by atoms with Gasteiger partial charge in [0.25, 0.3) is 0 Å². The third kappa shape index (κ3) is 4.53. The van der Waals surface area contributed by atoms with Gasteiger partial charge in [-0.2, -0.15) is 0 Å². The molecule has 5 heteroatoms. The summed E-state index contributed by atoms with van der Waals surface area (Å²) in [6.07, 6.45) is 8.88. The second-order valence-corrected chi connectivity index (χ2v) is 9.19. The Labute approximate surface area is 166 Å². The monoisotopic (exact) mass is 430 g/mol. The minimum atomic E-state index is -1.16. The molecule has 150 valence electrons. The standard InChI is InChI=1S/C21H35BrO4/c1-15(7-5-12-21(3,19(23)24)26-14-25-4)17-9-10-18-16(13-22)8-6-11-20(17,18)2/h13,15,17-18H,5-12,14H2,1-4H3,(H,23,24)/t15-,17-,18?,20+,21-/m1/s1. The van der Waals surface area contributed by atoms with Crippen LogP contribution in [0.4, 0.5) is 0 Å². The summed E-state index contributed by atoms with van der Waals surface area (Å²) in [5.74, 6) is 1.15. The molecule has 0 aromatic rings. The minimum Gasteiger partial charge on any atom is -0.479 e. The molecule has 1 N–H and O–H groups in total. The van der Waals surface area contributed by atoms with Crippen molar-refractivity contribution in [3.05, 3.63) is 10.6 Å². The summed E-state index contributed by atoms with van der Waals surface area (Å²) in [4.78, 5) is 13.8. The molecule has 1 unspecified atom stereocenters. The van der Waals surface area contributed by atoms with E-state index in [-0.39, 0.29) is 6.79 Å². The molecule has 2 saturated carbocycles. The average molecular weight is 431 g/mol. The van der Waals surface area contributed by atoms with Crippen molar-refractivity contribution in [2.45, 2.75) is 77.7 Å². The van der Waals surface area contributed by atoms with Gasteiger partial charge in [0.1, 0.15) is 6.79 Å². The Balaban J connectivity index is 1.93. The molecular formula is C21H35BrO4. The van der Waals surface area contributed by atoms with E-state index in [0.29, 0.717) is 17.8 Å². The molecule has 4 nitrogen and oxygen atoms in total. The van der Waals surface area contributed by atoms with E-state index in [9.17, 15) is 9.90 Å². The number of carbonyl (C=O) groups is 1. The summed E-state index contributed by atoms with van der Waals surface area (Å²) in [6.45, 7) is 6.52. The van der Waals surface area contributed by atoms with Crippen LogP contribution in [0.3, 0.4) is 0 Å². The van der Waals surface area contributed by atoms with Crippen LogP contribution >= 0.6 is 15.9 Å². The van der Waals surface area contributed by atoms with Crippen LogP contribution in [-0.2, 0) is 14.3 Å². The molecule has 0 amide bonds. The maximum absolute atomic E-state index is 11.6. The van der Waals surface area contributed by atoms with Gasteiger partial charge in [-0.1, -0.05) is 41.8 Å². The fourth-order valence-electron chi connectivity index (χ4n) is 5.54. The van der Waals surface area contributed by atoms with E-state index in [1.54, 1.807) is 12.5 Å². The Kier molecular flexibility index (Phi) is 7.75. The quantitative estimate of drug-likeness (QED) is 0.472. The first-order chi connectivity index (χ1) is 12.3. The highest BCUT2D eigenvalue weighted by molar-refractivity contribution is 9.11. The maximum atomic E-state index is 11.6. The van der Waals surface area contributed by atoms with Crippen LogP contribution in [0.25, 0.3) is 0 Å². The molecule has 0 bridgehead atoms. The number of hydrogen-bond donors (Lipinski definition) is 1. The van der Waals surface area contributed by atoms with Crippen LogP contribution in [0.1, 0.15) is 72.1 Å². The van der Waals surface area contributed by atoms with Crippen LogP contribution in [0.2, 0.25) is 0 Å². The van der Waals surface area contributed by atoms with Gasteiger partial charge >= 0.3 is 5.97 Å². The van der Waals surface area contributed by atoms with Gasteiger partial charge in [-0.3, -0.25) is 0 Å². The molecule has 0 heterocycles. The Morgan fingerprint density at radius 2 is 2.23 bits per heavy atom. The lowest BCUT2D eigenvalue weighted by Crippen LogP contribution is -2.39. The summed E-state index contributed by atoms with van der Waals surface area (Å²) >= 11 is 3.58. The molecule has 2 aliphatic carbocycles. The van der Waals surface area contributed by atoms with Gasteiger partial charge in [0.15, 0.2) is 5.60 Å². The topological polar surface area (TPSA) is 55.8 Å². The zero-order chi connectivity index (χ0) is 19.4. The molecular weight excluding hydrogens is 396 g/mol. The van der Waals surface area contributed by atoms with Crippen LogP contribution < -0.4 is 0 Å². The van der Waals surface area contributed by atoms with Gasteiger partial charge in [-0.05, 0) is 80.0 Å². The van der Waals surface area contributed by atoms with Gasteiger partial charge in [-0.15, -0.1) is 0 Å². The lowest BCUT2D eigenvalue weighted by Gasteiger charge is -2.44. The largest absolute Gasteiger partial charge is 0.479 e. The van der Waals surface area contributed by atoms with Crippen molar-refractivity contribution < 1.29 is 19.4 Å². The molecule has 0 radical (unpaired) electrons. The van der Waals surface area contributed by atoms with Gasteiger partial charge < -0.3 is 14.6 Å². The van der Waals surface area contributed by atoms with E-state index in [0.717, 1.165) is 24.7 Å². The highest BCUT2D eigenvalue weighted by Crippen LogP contribution is 2.60. The molecule has 2 fully saturated rings. The predicted octanol–water partition coefficient (Wildman–Crippen LogP) is 5.75. The molecule has 0 aromatic heterocycles. The second-order valence-electron chi connectivity index (χ2n) is 8.74. The van der Waals surface area contributed by atoms with E-state index in [1.165, 1.54) is 39.2 Å². The zero-order valence-electron chi connectivity index (χ0n) is 16.7. The minimum absolute atomic E-state index is 0.0163. The van der Waals surface area contributed by atoms with Crippen molar-refractivity contribution in [2.75, 3.05) is 13.9 Å². The third-order valence-corrected chi connectivity index (χ3v) is 7.71. The van der Waals surface area contributed by atoms with E-state index in [4.69, 9.17) is 9.47 Å². The number of fused-ring (bicyclic) bond motifs is 1. The lowest BCUT2D eigenvalue weighted by atomic mass is 9.61. The number of hydrogen-bond acceptors (Lipinski definition) is 3. The van der Waals surface area contributed by atoms with Crippen LogP contribution in [0.15, 0.2) is 10.6 Å². The first kappa shape index (κ1) is 21.9. The number of methoxy groups -OCH3 is 1. The molecule has 2 aliphatic rings.